The standard InChI is InChI=1S/C24H20ClN3O3/c25-22-4-3-16(13-27-22)17-11-19-18-10-15(24(30)28-5-7-31-8-6-28)2-1-14(18)9-20(19)21(12-17)23(26)29/h1-4,10-13H,5-9H2,(H2,26,29). The highest BCUT2D eigenvalue weighted by Gasteiger charge is 2.27. The lowest BCUT2D eigenvalue weighted by Crippen LogP contribution is -2.40. The van der Waals surface area contributed by atoms with E-state index in [1.54, 1.807) is 18.3 Å². The van der Waals surface area contributed by atoms with Gasteiger partial charge in [0.15, 0.2) is 0 Å². The minimum Gasteiger partial charge on any atom is -0.378 e. The van der Waals surface area contributed by atoms with Crippen molar-refractivity contribution in [3.8, 4) is 22.3 Å². The second-order valence-electron chi connectivity index (χ2n) is 7.74. The van der Waals surface area contributed by atoms with Gasteiger partial charge in [0.2, 0.25) is 5.91 Å². The van der Waals surface area contributed by atoms with Gasteiger partial charge < -0.3 is 15.4 Å². The molecule has 2 amide bonds. The number of primary amides is 1. The van der Waals surface area contributed by atoms with Crippen LogP contribution in [-0.2, 0) is 11.2 Å². The summed E-state index contributed by atoms with van der Waals surface area (Å²) in [5.74, 6) is -0.481. The van der Waals surface area contributed by atoms with Crippen LogP contribution in [0, 0.1) is 0 Å². The molecule has 5 rings (SSSR count). The number of aromatic nitrogens is 1. The van der Waals surface area contributed by atoms with Crippen LogP contribution in [-0.4, -0.2) is 48.0 Å². The van der Waals surface area contributed by atoms with Gasteiger partial charge in [0.1, 0.15) is 5.15 Å². The lowest BCUT2D eigenvalue weighted by atomic mass is 9.94. The van der Waals surface area contributed by atoms with E-state index in [0.29, 0.717) is 49.0 Å². The van der Waals surface area contributed by atoms with Gasteiger partial charge in [0.05, 0.1) is 13.2 Å². The van der Waals surface area contributed by atoms with Crippen LogP contribution in [0.4, 0.5) is 0 Å². The van der Waals surface area contributed by atoms with E-state index >= 15 is 0 Å². The molecular formula is C24H20ClN3O3. The maximum atomic E-state index is 13.0. The van der Waals surface area contributed by atoms with Gasteiger partial charge in [-0.2, -0.15) is 0 Å². The van der Waals surface area contributed by atoms with Gasteiger partial charge in [-0.25, -0.2) is 4.98 Å². The molecule has 31 heavy (non-hydrogen) atoms. The summed E-state index contributed by atoms with van der Waals surface area (Å²) in [6, 6.07) is 13.2. The van der Waals surface area contributed by atoms with Crippen LogP contribution in [0.15, 0.2) is 48.7 Å². The zero-order valence-electron chi connectivity index (χ0n) is 16.7. The molecule has 2 heterocycles. The van der Waals surface area contributed by atoms with E-state index in [1.165, 1.54) is 0 Å². The fraction of sp³-hybridized carbons (Fsp3) is 0.208. The zero-order chi connectivity index (χ0) is 21.5. The predicted molar refractivity (Wildman–Crippen MR) is 118 cm³/mol. The number of nitrogens with two attached hydrogens (primary N) is 1. The van der Waals surface area contributed by atoms with E-state index in [9.17, 15) is 9.59 Å². The maximum Gasteiger partial charge on any atom is 0.254 e. The zero-order valence-corrected chi connectivity index (χ0v) is 17.5. The molecule has 1 aliphatic heterocycles. The molecule has 3 aromatic rings. The van der Waals surface area contributed by atoms with Crippen molar-refractivity contribution in [2.45, 2.75) is 6.42 Å². The number of carbonyl (C=O) groups is 2. The molecule has 1 saturated heterocycles. The summed E-state index contributed by atoms with van der Waals surface area (Å²) >= 11 is 5.92. The molecule has 7 heteroatoms. The molecule has 0 atom stereocenters. The number of halogens is 1. The Morgan fingerprint density at radius 1 is 1.00 bits per heavy atom. The van der Waals surface area contributed by atoms with Gasteiger partial charge in [0, 0.05) is 36.0 Å². The van der Waals surface area contributed by atoms with E-state index in [2.05, 4.69) is 4.98 Å². The van der Waals surface area contributed by atoms with Crippen LogP contribution in [0.3, 0.4) is 0 Å². The van der Waals surface area contributed by atoms with Crippen molar-refractivity contribution in [3.05, 3.63) is 76.1 Å². The van der Waals surface area contributed by atoms with Crippen LogP contribution >= 0.6 is 11.6 Å². The normalized spacial score (nSPS) is 14.8. The predicted octanol–water partition coefficient (Wildman–Crippen LogP) is 3.54. The average molecular weight is 434 g/mol. The third-order valence-electron chi connectivity index (χ3n) is 5.89. The highest BCUT2D eigenvalue weighted by Crippen LogP contribution is 2.41. The summed E-state index contributed by atoms with van der Waals surface area (Å²) in [4.78, 5) is 31.2. The second kappa shape index (κ2) is 7.80. The lowest BCUT2D eigenvalue weighted by molar-refractivity contribution is 0.0303. The van der Waals surface area contributed by atoms with E-state index in [-0.39, 0.29) is 5.91 Å². The fourth-order valence-corrected chi connectivity index (χ4v) is 4.40. The van der Waals surface area contributed by atoms with Crippen LogP contribution in [0.25, 0.3) is 22.3 Å². The largest absolute Gasteiger partial charge is 0.378 e. The minimum absolute atomic E-state index is 0.00673. The number of pyridine rings is 1. The van der Waals surface area contributed by atoms with Crippen molar-refractivity contribution in [1.29, 1.82) is 0 Å². The SMILES string of the molecule is NC(=O)c1cc(-c2ccc(Cl)nc2)cc2c1Cc1ccc(C(=O)N3CCOCC3)cc1-2. The Morgan fingerprint density at radius 2 is 1.81 bits per heavy atom. The van der Waals surface area contributed by atoms with E-state index in [4.69, 9.17) is 22.1 Å². The number of benzene rings is 2. The van der Waals surface area contributed by atoms with Crippen molar-refractivity contribution >= 4 is 23.4 Å². The lowest BCUT2D eigenvalue weighted by Gasteiger charge is -2.27. The molecule has 0 unspecified atom stereocenters. The van der Waals surface area contributed by atoms with E-state index in [0.717, 1.165) is 33.4 Å². The number of fused-ring (bicyclic) bond motifs is 3. The molecule has 1 aromatic heterocycles. The Labute approximate surface area is 184 Å². The summed E-state index contributed by atoms with van der Waals surface area (Å²) in [5, 5.41) is 0.400. The maximum absolute atomic E-state index is 13.0. The summed E-state index contributed by atoms with van der Waals surface area (Å²) in [6.07, 6.45) is 2.27. The Hall–Kier alpha value is -3.22. The van der Waals surface area contributed by atoms with Gasteiger partial charge in [-0.3, -0.25) is 9.59 Å². The second-order valence-corrected chi connectivity index (χ2v) is 8.12. The minimum atomic E-state index is -0.475. The van der Waals surface area contributed by atoms with Crippen molar-refractivity contribution in [3.63, 3.8) is 0 Å². The summed E-state index contributed by atoms with van der Waals surface area (Å²) in [6.45, 7) is 2.29. The first-order chi connectivity index (χ1) is 15.0. The van der Waals surface area contributed by atoms with Crippen LogP contribution in [0.1, 0.15) is 31.8 Å². The van der Waals surface area contributed by atoms with Gasteiger partial charge in [-0.1, -0.05) is 17.7 Å². The first-order valence-electron chi connectivity index (χ1n) is 10.1. The van der Waals surface area contributed by atoms with Crippen LogP contribution in [0.2, 0.25) is 5.15 Å². The third kappa shape index (κ3) is 3.58. The van der Waals surface area contributed by atoms with Crippen LogP contribution in [0.5, 0.6) is 0 Å². The Bertz CT molecular complexity index is 1200. The molecule has 6 nitrogen and oxygen atoms in total. The Kier molecular flexibility index (Phi) is 4.96. The summed E-state index contributed by atoms with van der Waals surface area (Å²) in [5.41, 5.74) is 12.4. The number of morpholine rings is 1. The van der Waals surface area contributed by atoms with Gasteiger partial charge in [-0.05, 0) is 70.6 Å². The average Bonchev–Trinajstić information content (AvgIpc) is 3.16. The Morgan fingerprint density at radius 3 is 2.52 bits per heavy atom. The molecule has 1 aliphatic carbocycles. The van der Waals surface area contributed by atoms with Crippen molar-refractivity contribution in [2.75, 3.05) is 26.3 Å². The van der Waals surface area contributed by atoms with E-state index < -0.39 is 5.91 Å². The molecule has 0 saturated carbocycles. The summed E-state index contributed by atoms with van der Waals surface area (Å²) < 4.78 is 5.35. The molecule has 0 bridgehead atoms. The third-order valence-corrected chi connectivity index (χ3v) is 6.11. The molecule has 2 aromatic carbocycles. The molecule has 1 fully saturated rings. The van der Waals surface area contributed by atoms with Crippen LogP contribution < -0.4 is 5.73 Å². The molecule has 0 radical (unpaired) electrons. The number of hydrogen-bond donors (Lipinski definition) is 1. The number of hydrogen-bond acceptors (Lipinski definition) is 4. The first-order valence-corrected chi connectivity index (χ1v) is 10.5. The Balaban J connectivity index is 1.60. The van der Waals surface area contributed by atoms with Crippen molar-refractivity contribution in [2.24, 2.45) is 5.73 Å². The monoisotopic (exact) mass is 433 g/mol. The molecule has 2 aliphatic rings. The molecule has 156 valence electrons. The molecule has 2 N–H and O–H groups in total. The number of nitrogens with zero attached hydrogens (tertiary/aromatic N) is 2. The number of rotatable bonds is 3. The van der Waals surface area contributed by atoms with E-state index in [1.807, 2.05) is 35.2 Å². The van der Waals surface area contributed by atoms with Gasteiger partial charge in [0.25, 0.3) is 5.91 Å². The fourth-order valence-electron chi connectivity index (χ4n) is 4.29. The highest BCUT2D eigenvalue weighted by molar-refractivity contribution is 6.29. The number of ether oxygens (including phenoxy) is 1. The first kappa shape index (κ1) is 19.7. The highest BCUT2D eigenvalue weighted by atomic mass is 35.5. The number of carbonyl (C=O) groups excluding carboxylic acids is 2. The molecule has 0 spiro atoms. The smallest absolute Gasteiger partial charge is 0.254 e. The summed E-state index contributed by atoms with van der Waals surface area (Å²) in [7, 11) is 0. The number of amides is 2. The topological polar surface area (TPSA) is 85.5 Å². The molecular weight excluding hydrogens is 414 g/mol. The van der Waals surface area contributed by atoms with Crippen molar-refractivity contribution < 1.29 is 14.3 Å². The quantitative estimate of drug-likeness (QED) is 0.501. The van der Waals surface area contributed by atoms with Crippen molar-refractivity contribution in [1.82, 2.24) is 9.88 Å². The van der Waals surface area contributed by atoms with Gasteiger partial charge >= 0.3 is 0 Å². The van der Waals surface area contributed by atoms with Gasteiger partial charge in [-0.15, -0.1) is 0 Å².